The monoisotopic (exact) mass is 540 g/mol. The first-order valence-corrected chi connectivity index (χ1v) is 12.2. The Bertz CT molecular complexity index is 1930. The lowest BCUT2D eigenvalue weighted by Crippen LogP contribution is -2.23. The van der Waals surface area contributed by atoms with Crippen LogP contribution >= 0.6 is 0 Å². The van der Waals surface area contributed by atoms with Gasteiger partial charge in [-0.05, 0) is 55.3 Å². The maximum atomic E-state index is 13.7. The minimum Gasteiger partial charge on any atom is -0.373 e. The highest BCUT2D eigenvalue weighted by Crippen LogP contribution is 2.37. The molecule has 1 N–H and O–H groups in total. The zero-order valence-corrected chi connectivity index (χ0v) is 22.0. The van der Waals surface area contributed by atoms with Crippen molar-refractivity contribution in [3.05, 3.63) is 77.7 Å². The van der Waals surface area contributed by atoms with E-state index in [1.54, 1.807) is 40.6 Å². The lowest BCUT2D eigenvalue weighted by atomic mass is 9.86. The Morgan fingerprint density at radius 2 is 1.68 bits per heavy atom. The second-order valence-corrected chi connectivity index (χ2v) is 9.78. The fraction of sp³-hybridized carbons (Fsp3) is 0.207. The molecule has 200 valence electrons. The van der Waals surface area contributed by atoms with Crippen molar-refractivity contribution >= 4 is 27.8 Å². The molecule has 3 heterocycles. The number of nitrogens with zero attached hydrogens (tertiary/aromatic N) is 7. The number of aromatic nitrogens is 4. The first-order chi connectivity index (χ1) is 19.0. The highest BCUT2D eigenvalue weighted by Gasteiger charge is 2.34. The summed E-state index contributed by atoms with van der Waals surface area (Å²) in [5.41, 5.74) is 3.04. The largest absolute Gasteiger partial charge is 0.419 e. The normalized spacial score (nSPS) is 12.5. The van der Waals surface area contributed by atoms with Crippen molar-refractivity contribution in [2.45, 2.75) is 25.4 Å². The number of nitriles is 2. The van der Waals surface area contributed by atoms with Gasteiger partial charge in [0.15, 0.2) is 0 Å². The molecule has 0 saturated heterocycles. The van der Waals surface area contributed by atoms with Crippen LogP contribution in [0.1, 0.15) is 25.0 Å². The molecule has 0 saturated carbocycles. The SMILES string of the molecule is CNc1ncc(-c2ccc3ncc4c(c3c2)n(-c2ccc(C(C)(C)C#N)cc2)/c(=N\C#N)n4C)cc1C(F)(F)F. The van der Waals surface area contributed by atoms with Crippen LogP contribution in [0.3, 0.4) is 0 Å². The maximum Gasteiger partial charge on any atom is 0.419 e. The Hall–Kier alpha value is -5.16. The number of fused-ring (bicyclic) bond motifs is 3. The Morgan fingerprint density at radius 3 is 2.30 bits per heavy atom. The summed E-state index contributed by atoms with van der Waals surface area (Å²) in [6.07, 6.45) is 0.327. The van der Waals surface area contributed by atoms with E-state index in [1.807, 2.05) is 44.3 Å². The molecule has 0 amide bonds. The van der Waals surface area contributed by atoms with Crippen LogP contribution in [0.2, 0.25) is 0 Å². The van der Waals surface area contributed by atoms with E-state index in [0.717, 1.165) is 11.6 Å². The zero-order valence-electron chi connectivity index (χ0n) is 22.0. The van der Waals surface area contributed by atoms with Gasteiger partial charge in [0, 0.05) is 36.9 Å². The molecule has 3 aromatic heterocycles. The minimum atomic E-state index is -4.59. The molecule has 8 nitrogen and oxygen atoms in total. The number of benzene rings is 2. The molecule has 5 rings (SSSR count). The Balaban J connectivity index is 1.81. The van der Waals surface area contributed by atoms with Crippen LogP contribution in [-0.2, 0) is 18.6 Å². The van der Waals surface area contributed by atoms with Crippen LogP contribution < -0.4 is 10.9 Å². The number of anilines is 1. The molecule has 0 unspecified atom stereocenters. The fourth-order valence-electron chi connectivity index (χ4n) is 4.73. The number of hydrogen-bond donors (Lipinski definition) is 1. The van der Waals surface area contributed by atoms with Crippen LogP contribution in [0.5, 0.6) is 0 Å². The molecule has 2 aromatic carbocycles. The van der Waals surface area contributed by atoms with E-state index in [2.05, 4.69) is 26.3 Å². The number of pyridine rings is 2. The predicted molar refractivity (Wildman–Crippen MR) is 145 cm³/mol. The topological polar surface area (TPSA) is 108 Å². The summed E-state index contributed by atoms with van der Waals surface area (Å²) in [7, 11) is 3.15. The maximum absolute atomic E-state index is 13.7. The van der Waals surface area contributed by atoms with Crippen molar-refractivity contribution in [2.24, 2.45) is 12.0 Å². The van der Waals surface area contributed by atoms with Gasteiger partial charge in [-0.15, -0.1) is 4.99 Å². The molecule has 5 aromatic rings. The van der Waals surface area contributed by atoms with E-state index in [-0.39, 0.29) is 11.4 Å². The van der Waals surface area contributed by atoms with Crippen LogP contribution in [0.25, 0.3) is 38.8 Å². The third-order valence-corrected chi connectivity index (χ3v) is 6.95. The van der Waals surface area contributed by atoms with Crippen molar-refractivity contribution in [3.8, 4) is 29.1 Å². The van der Waals surface area contributed by atoms with Gasteiger partial charge in [-0.1, -0.05) is 18.2 Å². The van der Waals surface area contributed by atoms with E-state index in [4.69, 9.17) is 0 Å². The number of halogens is 3. The summed E-state index contributed by atoms with van der Waals surface area (Å²) in [5.74, 6) is -0.257. The van der Waals surface area contributed by atoms with Gasteiger partial charge in [-0.3, -0.25) is 9.55 Å². The molecule has 0 aliphatic heterocycles. The second kappa shape index (κ2) is 9.54. The van der Waals surface area contributed by atoms with Crippen molar-refractivity contribution in [1.82, 2.24) is 19.1 Å². The average Bonchev–Trinajstić information content (AvgIpc) is 3.23. The number of imidazole rings is 1. The number of hydrogen-bond acceptors (Lipinski definition) is 6. The molecular formula is C29H23F3N8. The highest BCUT2D eigenvalue weighted by atomic mass is 19.4. The summed E-state index contributed by atoms with van der Waals surface area (Å²) < 4.78 is 44.7. The minimum absolute atomic E-state index is 0.257. The van der Waals surface area contributed by atoms with Crippen LogP contribution in [0.4, 0.5) is 19.0 Å². The van der Waals surface area contributed by atoms with Gasteiger partial charge in [0.2, 0.25) is 11.8 Å². The van der Waals surface area contributed by atoms with Gasteiger partial charge in [0.25, 0.3) is 0 Å². The third kappa shape index (κ3) is 4.31. The summed E-state index contributed by atoms with van der Waals surface area (Å²) in [5, 5.41) is 22.1. The first kappa shape index (κ1) is 26.4. The van der Waals surface area contributed by atoms with E-state index >= 15 is 0 Å². The van der Waals surface area contributed by atoms with E-state index in [1.165, 1.54) is 13.2 Å². The second-order valence-electron chi connectivity index (χ2n) is 9.78. The smallest absolute Gasteiger partial charge is 0.373 e. The molecule has 0 fully saturated rings. The summed E-state index contributed by atoms with van der Waals surface area (Å²) in [4.78, 5) is 12.6. The van der Waals surface area contributed by atoms with Crippen molar-refractivity contribution in [3.63, 3.8) is 0 Å². The zero-order chi connectivity index (χ0) is 28.8. The van der Waals surface area contributed by atoms with E-state index in [0.29, 0.717) is 38.8 Å². The molecule has 0 atom stereocenters. The molecule has 0 aliphatic rings. The number of aryl methyl sites for hydroxylation is 1. The molecule has 40 heavy (non-hydrogen) atoms. The molecule has 0 aliphatic carbocycles. The Morgan fingerprint density at radius 1 is 0.950 bits per heavy atom. The molecular weight excluding hydrogens is 517 g/mol. The van der Waals surface area contributed by atoms with Crippen LogP contribution in [0.15, 0.2) is 65.9 Å². The van der Waals surface area contributed by atoms with E-state index in [9.17, 15) is 23.7 Å². The molecule has 11 heteroatoms. The van der Waals surface area contributed by atoms with Gasteiger partial charge >= 0.3 is 6.18 Å². The quantitative estimate of drug-likeness (QED) is 0.289. The first-order valence-electron chi connectivity index (χ1n) is 12.2. The van der Waals surface area contributed by atoms with Crippen molar-refractivity contribution in [1.29, 1.82) is 10.5 Å². The standard InChI is InChI=1S/C29H23F3N8/c1-28(2,15-33)19-6-8-20(9-7-19)40-25-21-11-17(18-12-22(29(30,31)32)26(35-3)37-13-18)5-10-23(21)36-14-24(25)39(4)27(40)38-16-34/h5-14H,1-4H3,(H,35,37)/b38-27-. The van der Waals surface area contributed by atoms with Crippen molar-refractivity contribution in [2.75, 3.05) is 12.4 Å². The summed E-state index contributed by atoms with van der Waals surface area (Å²) >= 11 is 0. The number of alkyl halides is 3. The molecule has 0 bridgehead atoms. The number of nitrogens with one attached hydrogen (secondary N) is 1. The van der Waals surface area contributed by atoms with Gasteiger partial charge in [-0.2, -0.15) is 23.7 Å². The lowest BCUT2D eigenvalue weighted by molar-refractivity contribution is -0.137. The predicted octanol–water partition coefficient (Wildman–Crippen LogP) is 5.82. The lowest BCUT2D eigenvalue weighted by Gasteiger charge is -2.16. The summed E-state index contributed by atoms with van der Waals surface area (Å²) in [6.45, 7) is 3.65. The Kier molecular flexibility index (Phi) is 6.31. The van der Waals surface area contributed by atoms with Crippen molar-refractivity contribution < 1.29 is 13.2 Å². The summed E-state index contributed by atoms with van der Waals surface area (Å²) in [6, 6.07) is 15.9. The third-order valence-electron chi connectivity index (χ3n) is 6.95. The van der Waals surface area contributed by atoms with Crippen LogP contribution in [-0.4, -0.2) is 26.1 Å². The van der Waals surface area contributed by atoms with Gasteiger partial charge in [0.05, 0.1) is 39.8 Å². The Labute approximate surface area is 227 Å². The van der Waals surface area contributed by atoms with Gasteiger partial charge < -0.3 is 9.88 Å². The molecule has 0 radical (unpaired) electrons. The highest BCUT2D eigenvalue weighted by molar-refractivity contribution is 6.04. The fourth-order valence-corrected chi connectivity index (χ4v) is 4.73. The van der Waals surface area contributed by atoms with E-state index < -0.39 is 17.2 Å². The number of rotatable bonds is 4. The average molecular weight is 541 g/mol. The molecule has 0 spiro atoms. The van der Waals surface area contributed by atoms with Crippen LogP contribution in [0, 0.1) is 22.8 Å². The van der Waals surface area contributed by atoms with Gasteiger partial charge in [-0.25, -0.2) is 4.98 Å². The van der Waals surface area contributed by atoms with Gasteiger partial charge in [0.1, 0.15) is 5.82 Å².